The van der Waals surface area contributed by atoms with E-state index >= 15 is 0 Å². The van der Waals surface area contributed by atoms with Crippen LogP contribution in [-0.2, 0) is 0 Å². The summed E-state index contributed by atoms with van der Waals surface area (Å²) in [5.41, 5.74) is 0. The highest BCUT2D eigenvalue weighted by Crippen LogP contribution is 1.88. The summed E-state index contributed by atoms with van der Waals surface area (Å²) in [7, 11) is 0. The molecule has 1 aliphatic rings. The van der Waals surface area contributed by atoms with Crippen LogP contribution in [-0.4, -0.2) is 24.9 Å². The summed E-state index contributed by atoms with van der Waals surface area (Å²) in [5, 5.41) is 3.57. The number of rotatable bonds is 0. The Balaban J connectivity index is 2.18. The van der Waals surface area contributed by atoms with E-state index in [1.807, 2.05) is 0 Å². The second-order valence-corrected chi connectivity index (χ2v) is 1.34. The van der Waals surface area contributed by atoms with Crippen molar-refractivity contribution in [1.29, 1.82) is 0 Å². The molecule has 36 valence electrons. The molecule has 1 heterocycles. The Bertz CT molecular complexity index is 42.1. The van der Waals surface area contributed by atoms with Gasteiger partial charge in [0.2, 0.25) is 0 Å². The molecule has 0 aromatic rings. The predicted octanol–water partition coefficient (Wildman–Crippen LogP) is -0.266. The first-order valence-electron chi connectivity index (χ1n) is 2.01. The van der Waals surface area contributed by atoms with E-state index in [4.69, 9.17) is 0 Å². The van der Waals surface area contributed by atoms with Crippen molar-refractivity contribution in [2.45, 2.75) is 0 Å². The maximum atomic E-state index is 11.7. The molecule has 0 aliphatic carbocycles. The molecule has 0 radical (unpaired) electrons. The number of halogens is 1. The highest BCUT2D eigenvalue weighted by Gasteiger charge is 2.06. The van der Waals surface area contributed by atoms with E-state index in [2.05, 4.69) is 5.32 Å². The second kappa shape index (κ2) is 1.53. The fraction of sp³-hybridized carbons (Fsp3) is 1.00. The van der Waals surface area contributed by atoms with E-state index in [1.165, 1.54) is 0 Å². The van der Waals surface area contributed by atoms with Crippen LogP contribution < -0.4 is 5.32 Å². The molecule has 1 N–H and O–H groups in total. The van der Waals surface area contributed by atoms with Gasteiger partial charge in [0.15, 0.2) is 0 Å². The van der Waals surface area contributed by atoms with Gasteiger partial charge in [-0.2, -0.15) is 0 Å². The summed E-state index contributed by atoms with van der Waals surface area (Å²) in [6.07, 6.45) is 0. The van der Waals surface area contributed by atoms with E-state index in [0.717, 1.165) is 11.7 Å². The topological polar surface area (TPSA) is 15.3 Å². The highest BCUT2D eigenvalue weighted by atomic mass is 19.2. The first-order valence-corrected chi connectivity index (χ1v) is 2.01. The standard InChI is InChI=1S/C3H7FN2/c4-6-2-1-5-3-6/h5H,1-3H2. The third-order valence-corrected chi connectivity index (χ3v) is 0.815. The molecule has 6 heavy (non-hydrogen) atoms. The molecule has 1 aliphatic heterocycles. The number of hydrogen-bond acceptors (Lipinski definition) is 2. The SMILES string of the molecule is FN1CCNC1. The van der Waals surface area contributed by atoms with Crippen LogP contribution in [0.15, 0.2) is 0 Å². The summed E-state index contributed by atoms with van der Waals surface area (Å²) >= 11 is 0. The van der Waals surface area contributed by atoms with Gasteiger partial charge in [-0.15, -0.1) is 9.60 Å². The van der Waals surface area contributed by atoms with Crippen molar-refractivity contribution in [3.63, 3.8) is 0 Å². The van der Waals surface area contributed by atoms with Gasteiger partial charge in [0.25, 0.3) is 0 Å². The fourth-order valence-corrected chi connectivity index (χ4v) is 0.480. The Kier molecular flexibility index (Phi) is 1.03. The molecular formula is C3H7FN2. The lowest BCUT2D eigenvalue weighted by Crippen LogP contribution is -2.11. The molecule has 0 spiro atoms. The molecule has 1 fully saturated rings. The molecule has 0 aromatic heterocycles. The number of nitrogens with one attached hydrogen (secondary N) is 1. The Labute approximate surface area is 35.9 Å². The smallest absolute Gasteiger partial charge is 0.0783 e. The molecule has 0 atom stereocenters. The van der Waals surface area contributed by atoms with E-state index in [-0.39, 0.29) is 0 Å². The molecule has 0 amide bonds. The molecule has 0 saturated carbocycles. The van der Waals surface area contributed by atoms with Crippen LogP contribution in [0.1, 0.15) is 0 Å². The normalized spacial score (nSPS) is 25.5. The second-order valence-electron chi connectivity index (χ2n) is 1.34. The van der Waals surface area contributed by atoms with Crippen molar-refractivity contribution in [3.8, 4) is 0 Å². The van der Waals surface area contributed by atoms with Crippen LogP contribution >= 0.6 is 0 Å². The van der Waals surface area contributed by atoms with Gasteiger partial charge in [-0.1, -0.05) is 0 Å². The van der Waals surface area contributed by atoms with Gasteiger partial charge in [0.1, 0.15) is 0 Å². The Hall–Kier alpha value is -0.150. The number of hydrogen-bond donors (Lipinski definition) is 1. The quantitative estimate of drug-likeness (QED) is 0.412. The van der Waals surface area contributed by atoms with E-state index in [0.29, 0.717) is 13.2 Å². The van der Waals surface area contributed by atoms with Crippen LogP contribution in [0, 0.1) is 0 Å². The zero-order valence-corrected chi connectivity index (χ0v) is 3.45. The number of nitrogens with zero attached hydrogens (tertiary/aromatic N) is 1. The Morgan fingerprint density at radius 1 is 1.67 bits per heavy atom. The first-order chi connectivity index (χ1) is 2.89. The summed E-state index contributed by atoms with van der Waals surface area (Å²) in [5.74, 6) is 0. The summed E-state index contributed by atoms with van der Waals surface area (Å²) in [6, 6.07) is 0. The van der Waals surface area contributed by atoms with E-state index < -0.39 is 0 Å². The van der Waals surface area contributed by atoms with Gasteiger partial charge in [0, 0.05) is 13.1 Å². The van der Waals surface area contributed by atoms with Crippen LogP contribution in [0.3, 0.4) is 0 Å². The van der Waals surface area contributed by atoms with Crippen LogP contribution in [0.4, 0.5) is 4.48 Å². The van der Waals surface area contributed by atoms with Gasteiger partial charge >= 0.3 is 0 Å². The predicted molar refractivity (Wildman–Crippen MR) is 20.7 cm³/mol. The van der Waals surface area contributed by atoms with Crippen molar-refractivity contribution in [2.75, 3.05) is 19.8 Å². The van der Waals surface area contributed by atoms with Crippen molar-refractivity contribution >= 4 is 0 Å². The maximum absolute atomic E-state index is 11.7. The van der Waals surface area contributed by atoms with Crippen molar-refractivity contribution in [1.82, 2.24) is 10.4 Å². The molecule has 3 heteroatoms. The van der Waals surface area contributed by atoms with Crippen molar-refractivity contribution < 1.29 is 4.48 Å². The Morgan fingerprint density at radius 2 is 2.50 bits per heavy atom. The minimum atomic E-state index is 0.403. The summed E-state index contributed by atoms with van der Waals surface area (Å²) < 4.78 is 11.7. The van der Waals surface area contributed by atoms with E-state index in [9.17, 15) is 4.48 Å². The lowest BCUT2D eigenvalue weighted by molar-refractivity contribution is 0.0558. The first kappa shape index (κ1) is 4.02. The van der Waals surface area contributed by atoms with Crippen LogP contribution in [0.2, 0.25) is 0 Å². The molecule has 1 saturated heterocycles. The van der Waals surface area contributed by atoms with Crippen LogP contribution in [0.25, 0.3) is 0 Å². The minimum Gasteiger partial charge on any atom is -0.301 e. The summed E-state index contributed by atoms with van der Waals surface area (Å²) in [6.45, 7) is 1.73. The average Bonchev–Trinajstić information content (AvgIpc) is 1.86. The Morgan fingerprint density at radius 3 is 2.67 bits per heavy atom. The molecule has 2 nitrogen and oxygen atoms in total. The third-order valence-electron chi connectivity index (χ3n) is 0.815. The zero-order valence-electron chi connectivity index (χ0n) is 3.45. The molecule has 0 unspecified atom stereocenters. The molecule has 1 rings (SSSR count). The molecule has 0 bridgehead atoms. The lowest BCUT2D eigenvalue weighted by atomic mass is 10.7. The lowest BCUT2D eigenvalue weighted by Gasteiger charge is -1.92. The van der Waals surface area contributed by atoms with Crippen molar-refractivity contribution in [3.05, 3.63) is 0 Å². The highest BCUT2D eigenvalue weighted by molar-refractivity contribution is 4.54. The van der Waals surface area contributed by atoms with E-state index in [1.54, 1.807) is 0 Å². The maximum Gasteiger partial charge on any atom is 0.0783 e. The molecule has 0 aromatic carbocycles. The fourth-order valence-electron chi connectivity index (χ4n) is 0.480. The van der Waals surface area contributed by atoms with Crippen molar-refractivity contribution in [2.24, 2.45) is 0 Å². The third kappa shape index (κ3) is 0.666. The van der Waals surface area contributed by atoms with Crippen LogP contribution in [0.5, 0.6) is 0 Å². The summed E-state index contributed by atoms with van der Waals surface area (Å²) in [4.78, 5) is 0. The van der Waals surface area contributed by atoms with Gasteiger partial charge in [-0.25, -0.2) is 0 Å². The average molecular weight is 90.1 g/mol. The van der Waals surface area contributed by atoms with Gasteiger partial charge in [0.05, 0.1) is 6.67 Å². The zero-order chi connectivity index (χ0) is 4.41. The monoisotopic (exact) mass is 90.1 g/mol. The van der Waals surface area contributed by atoms with Gasteiger partial charge < -0.3 is 5.32 Å². The largest absolute Gasteiger partial charge is 0.301 e. The minimum absolute atomic E-state index is 0.403. The van der Waals surface area contributed by atoms with Gasteiger partial charge in [-0.05, 0) is 0 Å². The molecular weight excluding hydrogens is 83.0 g/mol. The van der Waals surface area contributed by atoms with Gasteiger partial charge in [-0.3, -0.25) is 0 Å².